The van der Waals surface area contributed by atoms with Gasteiger partial charge in [0.25, 0.3) is 0 Å². The number of ketones is 2. The van der Waals surface area contributed by atoms with Gasteiger partial charge in [0.1, 0.15) is 0 Å². The van der Waals surface area contributed by atoms with E-state index in [-0.39, 0.29) is 11.6 Å². The normalized spacial score (nSPS) is 11.3. The number of benzene rings is 2. The molecule has 0 aliphatic heterocycles. The van der Waals surface area contributed by atoms with Gasteiger partial charge in [0, 0.05) is 20.9 Å². The van der Waals surface area contributed by atoms with Gasteiger partial charge in [-0.25, -0.2) is 0 Å². The second kappa shape index (κ2) is 6.80. The van der Waals surface area contributed by atoms with Crippen molar-refractivity contribution in [3.8, 4) is 0 Å². The average molecular weight is 377 g/mol. The summed E-state index contributed by atoms with van der Waals surface area (Å²) in [6.07, 6.45) is 0. The van der Waals surface area contributed by atoms with Gasteiger partial charge >= 0.3 is 0 Å². The summed E-state index contributed by atoms with van der Waals surface area (Å²) in [6, 6.07) is 15.1. The number of halogens is 1. The minimum Gasteiger partial charge on any atom is -0.295 e. The molecule has 22 heavy (non-hydrogen) atoms. The number of carbonyl (C=O) groups is 2. The molecule has 0 saturated carbocycles. The highest BCUT2D eigenvalue weighted by molar-refractivity contribution is 9.10. The van der Waals surface area contributed by atoms with Crippen LogP contribution < -0.4 is 0 Å². The lowest BCUT2D eigenvalue weighted by Gasteiger charge is -2.14. The largest absolute Gasteiger partial charge is 0.295 e. The van der Waals surface area contributed by atoms with Crippen LogP contribution in [0.15, 0.2) is 58.3 Å². The molecule has 4 heteroatoms. The van der Waals surface area contributed by atoms with Crippen LogP contribution in [0.1, 0.15) is 41.5 Å². The van der Waals surface area contributed by atoms with Gasteiger partial charge in [-0.15, -0.1) is 0 Å². The molecule has 0 aromatic heterocycles. The fourth-order valence-corrected chi connectivity index (χ4v) is 2.96. The van der Waals surface area contributed by atoms with E-state index in [9.17, 15) is 9.59 Å². The summed E-state index contributed by atoms with van der Waals surface area (Å²) in [5, 5.41) is 0. The third-order valence-electron chi connectivity index (χ3n) is 3.15. The number of rotatable bonds is 5. The molecule has 2 rings (SSSR count). The Bertz CT molecular complexity index is 683. The third-order valence-corrected chi connectivity index (χ3v) is 4.53. The second-order valence-electron chi connectivity index (χ2n) is 5.51. The Labute approximate surface area is 143 Å². The summed E-state index contributed by atoms with van der Waals surface area (Å²) in [5.74, 6) is 0.131. The molecule has 2 aromatic carbocycles. The van der Waals surface area contributed by atoms with Crippen molar-refractivity contribution in [2.24, 2.45) is 0 Å². The zero-order valence-electron chi connectivity index (χ0n) is 12.7. The maximum Gasteiger partial charge on any atom is 0.178 e. The van der Waals surface area contributed by atoms with Crippen molar-refractivity contribution in [3.05, 3.63) is 59.7 Å². The molecule has 114 valence electrons. The number of hydrogen-bond donors (Lipinski definition) is 0. The van der Waals surface area contributed by atoms with Gasteiger partial charge in [-0.2, -0.15) is 0 Å². The summed E-state index contributed by atoms with van der Waals surface area (Å²) in [4.78, 5) is 25.5. The Kier molecular flexibility index (Phi) is 5.24. The van der Waals surface area contributed by atoms with Crippen molar-refractivity contribution in [1.29, 1.82) is 0 Å². The molecule has 0 spiro atoms. The van der Waals surface area contributed by atoms with Crippen molar-refractivity contribution in [2.75, 3.05) is 0 Å². The molecule has 0 aliphatic rings. The molecule has 0 bridgehead atoms. The van der Waals surface area contributed by atoms with Crippen LogP contribution >= 0.6 is 27.7 Å². The predicted octanol–water partition coefficient (Wildman–Crippen LogP) is 5.40. The topological polar surface area (TPSA) is 34.1 Å². The molecule has 0 radical (unpaired) electrons. The summed E-state index contributed by atoms with van der Waals surface area (Å²) >= 11 is 4.99. The third kappa shape index (κ3) is 4.31. The Morgan fingerprint density at radius 1 is 0.864 bits per heavy atom. The monoisotopic (exact) mass is 376 g/mol. The van der Waals surface area contributed by atoms with E-state index < -0.39 is 4.32 Å². The Morgan fingerprint density at radius 3 is 1.64 bits per heavy atom. The van der Waals surface area contributed by atoms with Crippen molar-refractivity contribution in [1.82, 2.24) is 0 Å². The lowest BCUT2D eigenvalue weighted by atomic mass is 10.0. The predicted molar refractivity (Wildman–Crippen MR) is 94.3 cm³/mol. The van der Waals surface area contributed by atoms with E-state index in [1.165, 1.54) is 0 Å². The highest BCUT2D eigenvalue weighted by Crippen LogP contribution is 2.29. The Morgan fingerprint density at radius 2 is 1.27 bits per heavy atom. The van der Waals surface area contributed by atoms with Gasteiger partial charge in [0.05, 0.1) is 4.32 Å². The smallest absolute Gasteiger partial charge is 0.178 e. The van der Waals surface area contributed by atoms with Gasteiger partial charge in [-0.05, 0) is 45.0 Å². The van der Waals surface area contributed by atoms with Crippen LogP contribution in [0.3, 0.4) is 0 Å². The van der Waals surface area contributed by atoms with Crippen LogP contribution in [-0.2, 0) is 0 Å². The van der Waals surface area contributed by atoms with Crippen LogP contribution in [0.5, 0.6) is 0 Å². The highest BCUT2D eigenvalue weighted by atomic mass is 79.9. The Hall–Kier alpha value is -1.39. The van der Waals surface area contributed by atoms with Crippen LogP contribution in [-0.4, -0.2) is 15.9 Å². The molecule has 2 nitrogen and oxygen atoms in total. The van der Waals surface area contributed by atoms with Gasteiger partial charge in [0.15, 0.2) is 11.6 Å². The first kappa shape index (κ1) is 17.0. The molecule has 0 fully saturated rings. The second-order valence-corrected chi connectivity index (χ2v) is 8.64. The van der Waals surface area contributed by atoms with E-state index in [1.54, 1.807) is 18.7 Å². The molecule has 0 N–H and O–H groups in total. The van der Waals surface area contributed by atoms with Crippen molar-refractivity contribution >= 4 is 39.3 Å². The van der Waals surface area contributed by atoms with Gasteiger partial charge in [0.2, 0.25) is 0 Å². The highest BCUT2D eigenvalue weighted by Gasteiger charge is 2.24. The quantitative estimate of drug-likeness (QED) is 0.517. The van der Waals surface area contributed by atoms with E-state index >= 15 is 0 Å². The lowest BCUT2D eigenvalue weighted by Crippen LogP contribution is -2.23. The molecule has 0 saturated heterocycles. The van der Waals surface area contributed by atoms with Crippen molar-refractivity contribution in [3.63, 3.8) is 0 Å². The molecule has 0 amide bonds. The average Bonchev–Trinajstić information content (AvgIpc) is 2.47. The maximum absolute atomic E-state index is 12.2. The molecule has 0 atom stereocenters. The number of carbonyl (C=O) groups excluding carboxylic acids is 2. The molecule has 0 aliphatic carbocycles. The first-order valence-electron chi connectivity index (χ1n) is 6.90. The number of alkyl halides is 1. The summed E-state index contributed by atoms with van der Waals surface area (Å²) in [7, 11) is 0. The van der Waals surface area contributed by atoms with Crippen LogP contribution in [0, 0.1) is 0 Å². The lowest BCUT2D eigenvalue weighted by molar-refractivity contribution is 0.0960. The SMILES string of the molecule is CC(=O)c1ccc(Sc2ccc(C(=O)C(C)(C)Br)cc2)cc1. The Balaban J connectivity index is 2.11. The molecular formula is C18H17BrO2S. The fourth-order valence-electron chi connectivity index (χ4n) is 1.91. The number of hydrogen-bond acceptors (Lipinski definition) is 3. The zero-order chi connectivity index (χ0) is 16.3. The maximum atomic E-state index is 12.2. The van der Waals surface area contributed by atoms with E-state index in [1.807, 2.05) is 62.4 Å². The first-order chi connectivity index (χ1) is 10.3. The van der Waals surface area contributed by atoms with Crippen molar-refractivity contribution in [2.45, 2.75) is 34.9 Å². The summed E-state index contributed by atoms with van der Waals surface area (Å²) in [6.45, 7) is 5.24. The van der Waals surface area contributed by atoms with Gasteiger partial charge in [-0.1, -0.05) is 52.0 Å². The van der Waals surface area contributed by atoms with E-state index in [2.05, 4.69) is 15.9 Å². The zero-order valence-corrected chi connectivity index (χ0v) is 15.1. The minimum absolute atomic E-state index is 0.0647. The molecule has 2 aromatic rings. The first-order valence-corrected chi connectivity index (χ1v) is 8.51. The fraction of sp³-hybridized carbons (Fsp3) is 0.222. The van der Waals surface area contributed by atoms with E-state index in [0.29, 0.717) is 11.1 Å². The van der Waals surface area contributed by atoms with Crippen molar-refractivity contribution < 1.29 is 9.59 Å². The van der Waals surface area contributed by atoms with Gasteiger partial charge < -0.3 is 0 Å². The van der Waals surface area contributed by atoms with Crippen LogP contribution in [0.25, 0.3) is 0 Å². The standard InChI is InChI=1S/C18H17BrO2S/c1-12(20)13-4-8-15(9-5-13)22-16-10-6-14(7-11-16)17(21)18(2,3)19/h4-11H,1-3H3. The van der Waals surface area contributed by atoms with Crippen LogP contribution in [0.2, 0.25) is 0 Å². The summed E-state index contributed by atoms with van der Waals surface area (Å²) in [5.41, 5.74) is 1.41. The molecule has 0 unspecified atom stereocenters. The molecular weight excluding hydrogens is 360 g/mol. The van der Waals surface area contributed by atoms with Gasteiger partial charge in [-0.3, -0.25) is 9.59 Å². The van der Waals surface area contributed by atoms with E-state index in [4.69, 9.17) is 0 Å². The van der Waals surface area contributed by atoms with Crippen LogP contribution in [0.4, 0.5) is 0 Å². The molecule has 0 heterocycles. The minimum atomic E-state index is -0.551. The number of Topliss-reactive ketones (excluding diaryl/α,β-unsaturated/α-hetero) is 2. The summed E-state index contributed by atoms with van der Waals surface area (Å²) < 4.78 is -0.551. The van der Waals surface area contributed by atoms with E-state index in [0.717, 1.165) is 9.79 Å².